The molecule has 0 saturated carbocycles. The lowest BCUT2D eigenvalue weighted by Crippen LogP contribution is -2.44. The van der Waals surface area contributed by atoms with Crippen molar-refractivity contribution in [2.24, 2.45) is 5.92 Å². The van der Waals surface area contributed by atoms with Gasteiger partial charge in [0.1, 0.15) is 0 Å². The summed E-state index contributed by atoms with van der Waals surface area (Å²) in [6, 6.07) is 0.652. The summed E-state index contributed by atoms with van der Waals surface area (Å²) in [6.45, 7) is 13.2. The fourth-order valence-electron chi connectivity index (χ4n) is 2.37. The SMILES string of the molecule is C=CCCNC(C)C1CCCN(CC)C1. The Morgan fingerprint density at radius 3 is 3.07 bits per heavy atom. The minimum absolute atomic E-state index is 0.652. The molecule has 0 bridgehead atoms. The van der Waals surface area contributed by atoms with Gasteiger partial charge < -0.3 is 10.2 Å². The first-order valence-corrected chi connectivity index (χ1v) is 6.34. The van der Waals surface area contributed by atoms with Gasteiger partial charge in [0.05, 0.1) is 0 Å². The van der Waals surface area contributed by atoms with E-state index in [0.717, 1.165) is 18.9 Å². The molecule has 0 spiro atoms. The summed E-state index contributed by atoms with van der Waals surface area (Å²) in [5, 5.41) is 3.60. The van der Waals surface area contributed by atoms with Crippen molar-refractivity contribution >= 4 is 0 Å². The number of nitrogens with one attached hydrogen (secondary N) is 1. The quantitative estimate of drug-likeness (QED) is 0.534. The van der Waals surface area contributed by atoms with Crippen LogP contribution in [0.15, 0.2) is 12.7 Å². The van der Waals surface area contributed by atoms with E-state index in [0.29, 0.717) is 6.04 Å². The van der Waals surface area contributed by atoms with Crippen molar-refractivity contribution in [1.82, 2.24) is 10.2 Å². The third kappa shape index (κ3) is 4.35. The van der Waals surface area contributed by atoms with Crippen LogP contribution in [-0.4, -0.2) is 37.1 Å². The molecule has 1 aliphatic rings. The predicted octanol–water partition coefficient (Wildman–Crippen LogP) is 2.27. The second-order valence-electron chi connectivity index (χ2n) is 4.62. The topological polar surface area (TPSA) is 15.3 Å². The lowest BCUT2D eigenvalue weighted by atomic mass is 9.91. The number of hydrogen-bond donors (Lipinski definition) is 1. The summed E-state index contributed by atoms with van der Waals surface area (Å²) in [4.78, 5) is 2.57. The van der Waals surface area contributed by atoms with Gasteiger partial charge in [-0.2, -0.15) is 0 Å². The van der Waals surface area contributed by atoms with Crippen LogP contribution in [0, 0.1) is 5.92 Å². The van der Waals surface area contributed by atoms with Gasteiger partial charge in [-0.05, 0) is 51.7 Å². The largest absolute Gasteiger partial charge is 0.314 e. The Morgan fingerprint density at radius 1 is 1.60 bits per heavy atom. The average Bonchev–Trinajstić information content (AvgIpc) is 2.29. The molecule has 0 amide bonds. The Morgan fingerprint density at radius 2 is 2.40 bits per heavy atom. The van der Waals surface area contributed by atoms with E-state index >= 15 is 0 Å². The lowest BCUT2D eigenvalue weighted by molar-refractivity contribution is 0.157. The molecule has 2 heteroatoms. The Labute approximate surface area is 94.7 Å². The molecule has 15 heavy (non-hydrogen) atoms. The molecular weight excluding hydrogens is 184 g/mol. The van der Waals surface area contributed by atoms with Crippen LogP contribution in [0.3, 0.4) is 0 Å². The molecule has 1 aliphatic heterocycles. The van der Waals surface area contributed by atoms with E-state index in [4.69, 9.17) is 0 Å². The summed E-state index contributed by atoms with van der Waals surface area (Å²) >= 11 is 0. The van der Waals surface area contributed by atoms with Crippen LogP contribution < -0.4 is 5.32 Å². The van der Waals surface area contributed by atoms with Gasteiger partial charge in [-0.3, -0.25) is 0 Å². The molecule has 1 heterocycles. The monoisotopic (exact) mass is 210 g/mol. The van der Waals surface area contributed by atoms with E-state index in [2.05, 4.69) is 30.6 Å². The van der Waals surface area contributed by atoms with Gasteiger partial charge in [0.25, 0.3) is 0 Å². The molecule has 0 aromatic heterocycles. The number of rotatable bonds is 6. The smallest absolute Gasteiger partial charge is 0.00793 e. The highest BCUT2D eigenvalue weighted by Crippen LogP contribution is 2.19. The van der Waals surface area contributed by atoms with Gasteiger partial charge in [0.2, 0.25) is 0 Å². The van der Waals surface area contributed by atoms with Crippen LogP contribution >= 0.6 is 0 Å². The van der Waals surface area contributed by atoms with Gasteiger partial charge in [0, 0.05) is 12.6 Å². The number of likely N-dealkylation sites (tertiary alicyclic amines) is 1. The van der Waals surface area contributed by atoms with Crippen molar-refractivity contribution in [1.29, 1.82) is 0 Å². The maximum atomic E-state index is 3.75. The van der Waals surface area contributed by atoms with Crippen LogP contribution in [-0.2, 0) is 0 Å². The summed E-state index contributed by atoms with van der Waals surface area (Å²) in [6.07, 6.45) is 5.82. The van der Waals surface area contributed by atoms with E-state index < -0.39 is 0 Å². The van der Waals surface area contributed by atoms with Gasteiger partial charge in [0.15, 0.2) is 0 Å². The third-order valence-corrected chi connectivity index (χ3v) is 3.51. The molecule has 2 nitrogen and oxygen atoms in total. The zero-order valence-electron chi connectivity index (χ0n) is 10.3. The first-order chi connectivity index (χ1) is 7.27. The highest BCUT2D eigenvalue weighted by atomic mass is 15.1. The van der Waals surface area contributed by atoms with Crippen molar-refractivity contribution in [3.63, 3.8) is 0 Å². The van der Waals surface area contributed by atoms with Crippen molar-refractivity contribution in [2.75, 3.05) is 26.2 Å². The van der Waals surface area contributed by atoms with Crippen LogP contribution in [0.5, 0.6) is 0 Å². The summed E-state index contributed by atoms with van der Waals surface area (Å²) in [5.41, 5.74) is 0. The Hall–Kier alpha value is -0.340. The minimum atomic E-state index is 0.652. The van der Waals surface area contributed by atoms with E-state index in [9.17, 15) is 0 Å². The highest BCUT2D eigenvalue weighted by Gasteiger charge is 2.22. The maximum absolute atomic E-state index is 3.75. The second-order valence-corrected chi connectivity index (χ2v) is 4.62. The fourth-order valence-corrected chi connectivity index (χ4v) is 2.37. The molecule has 2 atom stereocenters. The number of hydrogen-bond acceptors (Lipinski definition) is 2. The zero-order chi connectivity index (χ0) is 11.1. The van der Waals surface area contributed by atoms with Crippen LogP contribution in [0.1, 0.15) is 33.1 Å². The van der Waals surface area contributed by atoms with E-state index in [1.165, 1.54) is 32.5 Å². The standard InChI is InChI=1S/C13H26N2/c1-4-6-9-14-12(3)13-8-7-10-15(5-2)11-13/h4,12-14H,1,5-11H2,2-3H3. The van der Waals surface area contributed by atoms with Crippen molar-refractivity contribution in [2.45, 2.75) is 39.2 Å². The van der Waals surface area contributed by atoms with Gasteiger partial charge in [-0.1, -0.05) is 13.0 Å². The van der Waals surface area contributed by atoms with Gasteiger partial charge in [-0.15, -0.1) is 6.58 Å². The molecular formula is C13H26N2. The van der Waals surface area contributed by atoms with E-state index in [1.807, 2.05) is 6.08 Å². The molecule has 2 unspecified atom stereocenters. The average molecular weight is 210 g/mol. The predicted molar refractivity (Wildman–Crippen MR) is 67.1 cm³/mol. The van der Waals surface area contributed by atoms with Crippen LogP contribution in [0.2, 0.25) is 0 Å². The molecule has 1 rings (SSSR count). The van der Waals surface area contributed by atoms with Crippen molar-refractivity contribution < 1.29 is 0 Å². The molecule has 0 aromatic rings. The molecule has 88 valence electrons. The summed E-state index contributed by atoms with van der Waals surface area (Å²) in [5.74, 6) is 0.837. The minimum Gasteiger partial charge on any atom is -0.314 e. The lowest BCUT2D eigenvalue weighted by Gasteiger charge is -2.35. The first-order valence-electron chi connectivity index (χ1n) is 6.34. The van der Waals surface area contributed by atoms with Crippen LogP contribution in [0.4, 0.5) is 0 Å². The zero-order valence-corrected chi connectivity index (χ0v) is 10.3. The molecule has 0 aliphatic carbocycles. The van der Waals surface area contributed by atoms with Crippen LogP contribution in [0.25, 0.3) is 0 Å². The van der Waals surface area contributed by atoms with E-state index in [1.54, 1.807) is 0 Å². The highest BCUT2D eigenvalue weighted by molar-refractivity contribution is 4.80. The van der Waals surface area contributed by atoms with E-state index in [-0.39, 0.29) is 0 Å². The fraction of sp³-hybridized carbons (Fsp3) is 0.846. The van der Waals surface area contributed by atoms with Gasteiger partial charge >= 0.3 is 0 Å². The Bertz CT molecular complexity index is 179. The molecule has 1 saturated heterocycles. The second kappa shape index (κ2) is 7.02. The maximum Gasteiger partial charge on any atom is 0.00793 e. The number of piperidine rings is 1. The molecule has 1 fully saturated rings. The van der Waals surface area contributed by atoms with Gasteiger partial charge in [-0.25, -0.2) is 0 Å². The molecule has 1 N–H and O–H groups in total. The van der Waals surface area contributed by atoms with Crippen molar-refractivity contribution in [3.8, 4) is 0 Å². The molecule has 0 aromatic carbocycles. The van der Waals surface area contributed by atoms with Crippen molar-refractivity contribution in [3.05, 3.63) is 12.7 Å². The first kappa shape index (κ1) is 12.7. The molecule has 0 radical (unpaired) electrons. The number of nitrogens with zero attached hydrogens (tertiary/aromatic N) is 1. The Kier molecular flexibility index (Phi) is 5.96. The normalized spacial score (nSPS) is 25.1. The summed E-state index contributed by atoms with van der Waals surface area (Å²) < 4.78 is 0. The third-order valence-electron chi connectivity index (χ3n) is 3.51. The Balaban J connectivity index is 2.25. The summed E-state index contributed by atoms with van der Waals surface area (Å²) in [7, 11) is 0.